The highest BCUT2D eigenvalue weighted by atomic mass is 35.5. The molecule has 0 unspecified atom stereocenters. The minimum Gasteiger partial charge on any atom is -0.506 e. The number of halogens is 2. The molecule has 2 heterocycles. The molecule has 236 valence electrons. The van der Waals surface area contributed by atoms with E-state index in [0.717, 1.165) is 13.1 Å². The zero-order valence-electron chi connectivity index (χ0n) is 24.8. The second-order valence-corrected chi connectivity index (χ2v) is 10.8. The molecule has 13 heteroatoms. The molecule has 0 aliphatic carbocycles. The molecule has 0 bridgehead atoms. The molecule has 0 saturated heterocycles. The number of ether oxygens (including phenoxy) is 2. The first-order chi connectivity index (χ1) is 21.7. The molecule has 11 nitrogen and oxygen atoms in total. The number of nitrogens with zero attached hydrogens (tertiary/aromatic N) is 3. The number of carbonyl (C=O) groups is 2. The van der Waals surface area contributed by atoms with E-state index in [0.29, 0.717) is 42.5 Å². The standard InChI is InChI=1S/C32H33Cl2N5O6/c1-44-16-14-38(15-17-45-2)12-13-39-11-3-4-25(32(39)43)21-5-7-22(8-6-21)30(41)37-29-26(18-24(34)19-27(29)40)31(42)36-28-10-9-23(33)20-35-28/h3-11,18-20,40H,12-17H2,1-2H3,(H,37,41)(H,35,36,42). The van der Waals surface area contributed by atoms with Gasteiger partial charge in [0.1, 0.15) is 11.6 Å². The van der Waals surface area contributed by atoms with Crippen LogP contribution >= 0.6 is 23.2 Å². The molecular formula is C32H33Cl2N5O6. The number of carbonyl (C=O) groups excluding carboxylic acids is 2. The van der Waals surface area contributed by atoms with Crippen molar-refractivity contribution in [3.05, 3.63) is 105 Å². The van der Waals surface area contributed by atoms with Crippen LogP contribution in [0.4, 0.5) is 11.5 Å². The van der Waals surface area contributed by atoms with Crippen LogP contribution in [0.1, 0.15) is 20.7 Å². The van der Waals surface area contributed by atoms with E-state index in [1.54, 1.807) is 67.4 Å². The molecule has 3 N–H and O–H groups in total. The van der Waals surface area contributed by atoms with Gasteiger partial charge in [-0.15, -0.1) is 0 Å². The number of benzene rings is 2. The lowest BCUT2D eigenvalue weighted by Crippen LogP contribution is -2.35. The number of aromatic nitrogens is 2. The maximum Gasteiger partial charge on any atom is 0.259 e. The minimum atomic E-state index is -0.658. The second kappa shape index (κ2) is 16.2. The smallest absolute Gasteiger partial charge is 0.259 e. The molecule has 0 atom stereocenters. The van der Waals surface area contributed by atoms with Crippen molar-refractivity contribution in [2.75, 3.05) is 57.7 Å². The van der Waals surface area contributed by atoms with E-state index in [-0.39, 0.29) is 33.2 Å². The number of pyridine rings is 2. The lowest BCUT2D eigenvalue weighted by molar-refractivity contribution is 0.102. The summed E-state index contributed by atoms with van der Waals surface area (Å²) < 4.78 is 12.0. The molecule has 0 aliphatic rings. The Morgan fingerprint density at radius 3 is 2.27 bits per heavy atom. The van der Waals surface area contributed by atoms with E-state index in [9.17, 15) is 19.5 Å². The Hall–Kier alpha value is -4.26. The molecule has 0 fully saturated rings. The Balaban J connectivity index is 1.49. The molecule has 4 aromatic rings. The van der Waals surface area contributed by atoms with Gasteiger partial charge in [0, 0.05) is 75.0 Å². The predicted molar refractivity (Wildman–Crippen MR) is 175 cm³/mol. The van der Waals surface area contributed by atoms with Crippen molar-refractivity contribution in [2.45, 2.75) is 6.54 Å². The van der Waals surface area contributed by atoms with Crippen LogP contribution < -0.4 is 16.2 Å². The van der Waals surface area contributed by atoms with Crippen LogP contribution in [-0.4, -0.2) is 78.4 Å². The third kappa shape index (κ3) is 9.13. The van der Waals surface area contributed by atoms with Crippen molar-refractivity contribution in [1.29, 1.82) is 0 Å². The van der Waals surface area contributed by atoms with Crippen molar-refractivity contribution in [1.82, 2.24) is 14.5 Å². The number of amides is 2. The lowest BCUT2D eigenvalue weighted by Gasteiger charge is -2.22. The normalized spacial score (nSPS) is 11.0. The first kappa shape index (κ1) is 33.6. The van der Waals surface area contributed by atoms with Crippen molar-refractivity contribution >= 4 is 46.5 Å². The summed E-state index contributed by atoms with van der Waals surface area (Å²) in [4.78, 5) is 45.7. The number of rotatable bonds is 14. The number of methoxy groups -OCH3 is 2. The van der Waals surface area contributed by atoms with Gasteiger partial charge in [0.15, 0.2) is 0 Å². The lowest BCUT2D eigenvalue weighted by atomic mass is 10.0. The Bertz CT molecular complexity index is 1670. The zero-order chi connectivity index (χ0) is 32.3. The molecular weight excluding hydrogens is 621 g/mol. The van der Waals surface area contributed by atoms with Crippen LogP contribution in [0.15, 0.2) is 77.9 Å². The third-order valence-electron chi connectivity index (χ3n) is 6.89. The van der Waals surface area contributed by atoms with E-state index in [2.05, 4.69) is 20.5 Å². The largest absolute Gasteiger partial charge is 0.506 e. The van der Waals surface area contributed by atoms with Crippen LogP contribution in [0.2, 0.25) is 10.0 Å². The number of hydrogen-bond acceptors (Lipinski definition) is 8. The van der Waals surface area contributed by atoms with Crippen LogP contribution in [0.25, 0.3) is 11.1 Å². The highest BCUT2D eigenvalue weighted by molar-refractivity contribution is 6.32. The summed E-state index contributed by atoms with van der Waals surface area (Å²) in [5, 5.41) is 16.2. The van der Waals surface area contributed by atoms with E-state index < -0.39 is 17.6 Å². The summed E-state index contributed by atoms with van der Waals surface area (Å²) in [6, 6.07) is 15.6. The molecule has 2 aromatic heterocycles. The van der Waals surface area contributed by atoms with E-state index >= 15 is 0 Å². The maximum absolute atomic E-state index is 13.3. The quantitative estimate of drug-likeness (QED) is 0.161. The fourth-order valence-electron chi connectivity index (χ4n) is 4.48. The molecule has 0 saturated carbocycles. The van der Waals surface area contributed by atoms with Gasteiger partial charge in [-0.1, -0.05) is 35.3 Å². The Kier molecular flexibility index (Phi) is 12.1. The Labute approximate surface area is 270 Å². The van der Waals surface area contributed by atoms with Crippen LogP contribution in [0, 0.1) is 0 Å². The summed E-state index contributed by atoms with van der Waals surface area (Å²) in [5.41, 5.74) is 0.985. The van der Waals surface area contributed by atoms with Gasteiger partial charge in [0.2, 0.25) is 0 Å². The summed E-state index contributed by atoms with van der Waals surface area (Å²) in [6.45, 7) is 3.71. The fraction of sp³-hybridized carbons (Fsp3) is 0.250. The van der Waals surface area contributed by atoms with Gasteiger partial charge in [0.05, 0.1) is 29.5 Å². The number of anilines is 2. The topological polar surface area (TPSA) is 135 Å². The summed E-state index contributed by atoms with van der Waals surface area (Å²) >= 11 is 12.0. The van der Waals surface area contributed by atoms with Gasteiger partial charge in [-0.25, -0.2) is 4.98 Å². The van der Waals surface area contributed by atoms with E-state index in [1.165, 1.54) is 24.4 Å². The molecule has 0 radical (unpaired) electrons. The Morgan fingerprint density at radius 2 is 1.62 bits per heavy atom. The molecule has 2 amide bonds. The molecule has 2 aromatic carbocycles. The van der Waals surface area contributed by atoms with Crippen molar-refractivity contribution in [3.8, 4) is 16.9 Å². The second-order valence-electron chi connectivity index (χ2n) is 9.94. The highest BCUT2D eigenvalue weighted by Gasteiger charge is 2.20. The van der Waals surface area contributed by atoms with Crippen LogP contribution in [0.3, 0.4) is 0 Å². The highest BCUT2D eigenvalue weighted by Crippen LogP contribution is 2.32. The third-order valence-corrected chi connectivity index (χ3v) is 7.33. The number of phenolic OH excluding ortho intramolecular Hbond substituents is 1. The monoisotopic (exact) mass is 653 g/mol. The minimum absolute atomic E-state index is 0.0745. The van der Waals surface area contributed by atoms with Crippen LogP contribution in [0.5, 0.6) is 5.75 Å². The SMILES string of the molecule is COCCN(CCOC)CCn1cccc(-c2ccc(C(=O)Nc3c(O)cc(Cl)cc3C(=O)Nc3ccc(Cl)cn3)cc2)c1=O. The number of aromatic hydroxyl groups is 1. The molecule has 0 aliphatic heterocycles. The zero-order valence-corrected chi connectivity index (χ0v) is 26.3. The summed E-state index contributed by atoms with van der Waals surface area (Å²) in [7, 11) is 3.30. The first-order valence-electron chi connectivity index (χ1n) is 14.0. The van der Waals surface area contributed by atoms with Gasteiger partial charge in [-0.05, 0) is 48.0 Å². The maximum atomic E-state index is 13.3. The van der Waals surface area contributed by atoms with E-state index in [4.69, 9.17) is 32.7 Å². The van der Waals surface area contributed by atoms with Gasteiger partial charge < -0.3 is 29.8 Å². The van der Waals surface area contributed by atoms with E-state index in [1.807, 2.05) is 0 Å². The van der Waals surface area contributed by atoms with Gasteiger partial charge in [-0.2, -0.15) is 0 Å². The fourth-order valence-corrected chi connectivity index (χ4v) is 4.81. The van der Waals surface area contributed by atoms with Gasteiger partial charge in [-0.3, -0.25) is 19.3 Å². The predicted octanol–water partition coefficient (Wildman–Crippen LogP) is 5.02. The van der Waals surface area contributed by atoms with Gasteiger partial charge in [0.25, 0.3) is 17.4 Å². The number of hydrogen-bond donors (Lipinski definition) is 3. The summed E-state index contributed by atoms with van der Waals surface area (Å²) in [5.74, 6) is -1.43. The number of nitrogens with one attached hydrogen (secondary N) is 2. The molecule has 0 spiro atoms. The van der Waals surface area contributed by atoms with Crippen LogP contribution in [-0.2, 0) is 16.0 Å². The molecule has 4 rings (SSSR count). The average Bonchev–Trinajstić information content (AvgIpc) is 3.03. The number of phenols is 1. The van der Waals surface area contributed by atoms with Crippen molar-refractivity contribution < 1.29 is 24.2 Å². The first-order valence-corrected chi connectivity index (χ1v) is 14.7. The average molecular weight is 655 g/mol. The van der Waals surface area contributed by atoms with Crippen molar-refractivity contribution in [2.24, 2.45) is 0 Å². The van der Waals surface area contributed by atoms with Gasteiger partial charge >= 0.3 is 0 Å². The Morgan fingerprint density at radius 1 is 0.911 bits per heavy atom. The molecule has 45 heavy (non-hydrogen) atoms. The summed E-state index contributed by atoms with van der Waals surface area (Å²) in [6.07, 6.45) is 3.11. The van der Waals surface area contributed by atoms with Crippen molar-refractivity contribution in [3.63, 3.8) is 0 Å².